The molecule has 0 saturated carbocycles. The van der Waals surface area contributed by atoms with Crippen molar-refractivity contribution < 1.29 is 5.11 Å². The van der Waals surface area contributed by atoms with Crippen molar-refractivity contribution in [1.82, 2.24) is 0 Å². The average Bonchev–Trinajstić information content (AvgIpc) is 2.46. The number of hydrogen-bond donors (Lipinski definition) is 2. The zero-order valence-electron chi connectivity index (χ0n) is 10.4. The Hall–Kier alpha value is -2.06. The standard InChI is InChI=1S/C16H17NO/c1-17-16-10-8-14(9-11-16)3-2-13-4-6-15(12-18)7-5-13/h2-11,17-18H,12H2,1H3. The first-order valence-corrected chi connectivity index (χ1v) is 5.97. The number of rotatable bonds is 4. The van der Waals surface area contributed by atoms with Gasteiger partial charge >= 0.3 is 0 Å². The summed E-state index contributed by atoms with van der Waals surface area (Å²) in [5, 5.41) is 12.1. The molecule has 0 radical (unpaired) electrons. The highest BCUT2D eigenvalue weighted by atomic mass is 16.3. The molecule has 2 rings (SSSR count). The van der Waals surface area contributed by atoms with E-state index in [9.17, 15) is 0 Å². The molecule has 0 spiro atoms. The Balaban J connectivity index is 2.08. The molecule has 2 heteroatoms. The molecule has 18 heavy (non-hydrogen) atoms. The molecule has 2 N–H and O–H groups in total. The van der Waals surface area contributed by atoms with Crippen LogP contribution in [-0.4, -0.2) is 12.2 Å². The maximum Gasteiger partial charge on any atom is 0.0681 e. The van der Waals surface area contributed by atoms with Crippen LogP contribution in [0.1, 0.15) is 16.7 Å². The Morgan fingerprint density at radius 2 is 1.39 bits per heavy atom. The molecule has 0 amide bonds. The number of benzene rings is 2. The molecule has 2 nitrogen and oxygen atoms in total. The second kappa shape index (κ2) is 6.03. The summed E-state index contributed by atoms with van der Waals surface area (Å²) < 4.78 is 0. The van der Waals surface area contributed by atoms with Gasteiger partial charge in [0.2, 0.25) is 0 Å². The molecule has 0 unspecified atom stereocenters. The van der Waals surface area contributed by atoms with Gasteiger partial charge in [-0.3, -0.25) is 0 Å². The van der Waals surface area contributed by atoms with Gasteiger partial charge in [-0.25, -0.2) is 0 Å². The maximum atomic E-state index is 8.96. The SMILES string of the molecule is CNc1ccc(C=Cc2ccc(CO)cc2)cc1. The molecule has 2 aromatic carbocycles. The summed E-state index contributed by atoms with van der Waals surface area (Å²) in [4.78, 5) is 0. The molecular formula is C16H17NO. The molecule has 0 bridgehead atoms. The molecule has 92 valence electrons. The van der Waals surface area contributed by atoms with Gasteiger partial charge in [0.1, 0.15) is 0 Å². The van der Waals surface area contributed by atoms with Crippen molar-refractivity contribution in [2.24, 2.45) is 0 Å². The number of aliphatic hydroxyl groups is 1. The average molecular weight is 239 g/mol. The Kier molecular flexibility index (Phi) is 4.15. The zero-order valence-corrected chi connectivity index (χ0v) is 10.4. The lowest BCUT2D eigenvalue weighted by atomic mass is 10.1. The summed E-state index contributed by atoms with van der Waals surface area (Å²) in [6, 6.07) is 16.1. The number of nitrogens with one attached hydrogen (secondary N) is 1. The summed E-state index contributed by atoms with van der Waals surface area (Å²) in [6.45, 7) is 0.0927. The minimum Gasteiger partial charge on any atom is -0.392 e. The molecule has 0 atom stereocenters. The highest BCUT2D eigenvalue weighted by molar-refractivity contribution is 5.70. The van der Waals surface area contributed by atoms with Crippen LogP contribution < -0.4 is 5.32 Å². The van der Waals surface area contributed by atoms with E-state index in [1.54, 1.807) is 0 Å². The van der Waals surface area contributed by atoms with Crippen LogP contribution in [0.25, 0.3) is 12.2 Å². The van der Waals surface area contributed by atoms with Crippen LogP contribution in [-0.2, 0) is 6.61 Å². The zero-order chi connectivity index (χ0) is 12.8. The van der Waals surface area contributed by atoms with Crippen molar-refractivity contribution in [3.05, 3.63) is 65.2 Å². The monoisotopic (exact) mass is 239 g/mol. The van der Waals surface area contributed by atoms with Crippen molar-refractivity contribution >= 4 is 17.8 Å². The van der Waals surface area contributed by atoms with E-state index in [-0.39, 0.29) is 6.61 Å². The summed E-state index contributed by atoms with van der Waals surface area (Å²) in [7, 11) is 1.91. The van der Waals surface area contributed by atoms with Gasteiger partial charge < -0.3 is 10.4 Å². The van der Waals surface area contributed by atoms with E-state index < -0.39 is 0 Å². The van der Waals surface area contributed by atoms with E-state index >= 15 is 0 Å². The molecule has 2 aromatic rings. The molecule has 0 aliphatic heterocycles. The maximum absolute atomic E-state index is 8.96. The lowest BCUT2D eigenvalue weighted by Crippen LogP contribution is -1.86. The van der Waals surface area contributed by atoms with Gasteiger partial charge in [-0.1, -0.05) is 48.6 Å². The van der Waals surface area contributed by atoms with Crippen LogP contribution in [0.15, 0.2) is 48.5 Å². The van der Waals surface area contributed by atoms with Crippen molar-refractivity contribution in [2.45, 2.75) is 6.61 Å². The molecule has 0 fully saturated rings. The summed E-state index contributed by atoms with van der Waals surface area (Å²) in [5.74, 6) is 0. The van der Waals surface area contributed by atoms with E-state index in [0.717, 1.165) is 16.8 Å². The van der Waals surface area contributed by atoms with E-state index in [1.807, 2.05) is 31.3 Å². The van der Waals surface area contributed by atoms with Crippen LogP contribution in [0.4, 0.5) is 5.69 Å². The Morgan fingerprint density at radius 3 is 1.83 bits per heavy atom. The lowest BCUT2D eigenvalue weighted by molar-refractivity contribution is 0.282. The van der Waals surface area contributed by atoms with Gasteiger partial charge in [-0.05, 0) is 28.8 Å². The van der Waals surface area contributed by atoms with Crippen LogP contribution >= 0.6 is 0 Å². The summed E-state index contributed by atoms with van der Waals surface area (Å²) in [6.07, 6.45) is 4.14. The normalized spacial score (nSPS) is 10.8. The Labute approximate surface area is 108 Å². The third-order valence-corrected chi connectivity index (χ3v) is 2.83. The predicted octanol–water partition coefficient (Wildman–Crippen LogP) is 3.39. The third-order valence-electron chi connectivity index (χ3n) is 2.83. The van der Waals surface area contributed by atoms with Gasteiger partial charge in [-0.2, -0.15) is 0 Å². The van der Waals surface area contributed by atoms with Crippen molar-refractivity contribution in [1.29, 1.82) is 0 Å². The van der Waals surface area contributed by atoms with Gasteiger partial charge in [0.15, 0.2) is 0 Å². The van der Waals surface area contributed by atoms with Crippen LogP contribution in [0.5, 0.6) is 0 Å². The summed E-state index contributed by atoms with van der Waals surface area (Å²) in [5.41, 5.74) is 4.34. The van der Waals surface area contributed by atoms with Crippen LogP contribution in [0, 0.1) is 0 Å². The van der Waals surface area contributed by atoms with Crippen molar-refractivity contribution in [3.8, 4) is 0 Å². The fourth-order valence-electron chi connectivity index (χ4n) is 1.69. The molecule has 0 aromatic heterocycles. The van der Waals surface area contributed by atoms with E-state index in [1.165, 1.54) is 5.56 Å². The second-order valence-electron chi connectivity index (χ2n) is 4.11. The molecule has 0 saturated heterocycles. The van der Waals surface area contributed by atoms with Gasteiger partial charge in [-0.15, -0.1) is 0 Å². The first kappa shape index (κ1) is 12.4. The minimum atomic E-state index is 0.0927. The quantitative estimate of drug-likeness (QED) is 0.801. The Bertz CT molecular complexity index is 462. The second-order valence-corrected chi connectivity index (χ2v) is 4.11. The lowest BCUT2D eigenvalue weighted by Gasteiger charge is -2.00. The highest BCUT2D eigenvalue weighted by Crippen LogP contribution is 2.12. The minimum absolute atomic E-state index is 0.0927. The van der Waals surface area contributed by atoms with Gasteiger partial charge in [0.05, 0.1) is 6.61 Å². The summed E-state index contributed by atoms with van der Waals surface area (Å²) >= 11 is 0. The first-order valence-electron chi connectivity index (χ1n) is 5.97. The third kappa shape index (κ3) is 3.22. The molecule has 0 aliphatic rings. The molecule has 0 heterocycles. The van der Waals surface area contributed by atoms with Gasteiger partial charge in [0.25, 0.3) is 0 Å². The van der Waals surface area contributed by atoms with Crippen LogP contribution in [0.3, 0.4) is 0 Å². The van der Waals surface area contributed by atoms with Crippen molar-refractivity contribution in [2.75, 3.05) is 12.4 Å². The van der Waals surface area contributed by atoms with Crippen molar-refractivity contribution in [3.63, 3.8) is 0 Å². The largest absolute Gasteiger partial charge is 0.392 e. The van der Waals surface area contributed by atoms with Crippen LogP contribution in [0.2, 0.25) is 0 Å². The first-order chi connectivity index (χ1) is 8.81. The number of aliphatic hydroxyl groups excluding tert-OH is 1. The number of anilines is 1. The molecular weight excluding hydrogens is 222 g/mol. The molecule has 0 aliphatic carbocycles. The highest BCUT2D eigenvalue weighted by Gasteiger charge is 1.91. The van der Waals surface area contributed by atoms with E-state index in [0.29, 0.717) is 0 Å². The number of hydrogen-bond acceptors (Lipinski definition) is 2. The predicted molar refractivity (Wildman–Crippen MR) is 77.3 cm³/mol. The topological polar surface area (TPSA) is 32.3 Å². The fraction of sp³-hybridized carbons (Fsp3) is 0.125. The Morgan fingerprint density at radius 1 is 0.889 bits per heavy atom. The fourth-order valence-corrected chi connectivity index (χ4v) is 1.69. The van der Waals surface area contributed by atoms with Gasteiger partial charge in [0, 0.05) is 12.7 Å². The smallest absolute Gasteiger partial charge is 0.0681 e. The van der Waals surface area contributed by atoms with E-state index in [2.05, 4.69) is 41.7 Å². The van der Waals surface area contributed by atoms with E-state index in [4.69, 9.17) is 5.11 Å².